The zero-order chi connectivity index (χ0) is 22.0. The van der Waals surface area contributed by atoms with E-state index < -0.39 is 0 Å². The summed E-state index contributed by atoms with van der Waals surface area (Å²) in [6.07, 6.45) is 3.75. The fourth-order valence-electron chi connectivity index (χ4n) is 4.11. The highest BCUT2D eigenvalue weighted by molar-refractivity contribution is 7.13. The molecule has 5 heteroatoms. The zero-order valence-electron chi connectivity index (χ0n) is 17.7. The van der Waals surface area contributed by atoms with E-state index in [9.17, 15) is 0 Å². The lowest BCUT2D eigenvalue weighted by molar-refractivity contribution is 0.880. The molecule has 0 fully saturated rings. The third-order valence-electron chi connectivity index (χ3n) is 5.63. The van der Waals surface area contributed by atoms with Crippen molar-refractivity contribution in [3.63, 3.8) is 0 Å². The van der Waals surface area contributed by atoms with Crippen molar-refractivity contribution in [3.05, 3.63) is 122 Å². The van der Waals surface area contributed by atoms with Gasteiger partial charge in [0.15, 0.2) is 0 Å². The zero-order valence-corrected chi connectivity index (χ0v) is 18.6. The Morgan fingerprint density at radius 1 is 0.667 bits per heavy atom. The Hall–Kier alpha value is -4.22. The first kappa shape index (κ1) is 19.5. The van der Waals surface area contributed by atoms with Crippen LogP contribution in [0.5, 0.6) is 0 Å². The number of para-hydroxylation sites is 1. The summed E-state index contributed by atoms with van der Waals surface area (Å²) in [5, 5.41) is 5.59. The van der Waals surface area contributed by atoms with Gasteiger partial charge in [0.25, 0.3) is 0 Å². The molecule has 0 N–H and O–H groups in total. The van der Waals surface area contributed by atoms with Crippen molar-refractivity contribution in [1.82, 2.24) is 14.2 Å². The predicted octanol–water partition coefficient (Wildman–Crippen LogP) is 7.62. The first-order valence-electron chi connectivity index (χ1n) is 10.8. The molecule has 0 aliphatic carbocycles. The van der Waals surface area contributed by atoms with E-state index in [1.54, 1.807) is 17.7 Å². The lowest BCUT2D eigenvalue weighted by Crippen LogP contribution is -2.10. The maximum absolute atomic E-state index is 4.77. The van der Waals surface area contributed by atoms with E-state index in [4.69, 9.17) is 4.37 Å². The molecule has 0 unspecified atom stereocenters. The molecular weight excluding hydrogens is 424 g/mol. The maximum Gasteiger partial charge on any atom is 0.0920 e. The second kappa shape index (κ2) is 8.37. The van der Waals surface area contributed by atoms with Crippen LogP contribution in [0.1, 0.15) is 0 Å². The van der Waals surface area contributed by atoms with Gasteiger partial charge in [-0.05, 0) is 66.1 Å². The van der Waals surface area contributed by atoms with Gasteiger partial charge in [-0.1, -0.05) is 54.6 Å². The van der Waals surface area contributed by atoms with Crippen molar-refractivity contribution in [2.24, 2.45) is 0 Å². The van der Waals surface area contributed by atoms with Crippen molar-refractivity contribution < 1.29 is 0 Å². The minimum atomic E-state index is 1.01. The Morgan fingerprint density at radius 3 is 2.27 bits per heavy atom. The quantitative estimate of drug-likeness (QED) is 0.274. The molecule has 0 bridgehead atoms. The largest absolute Gasteiger partial charge is 0.310 e. The van der Waals surface area contributed by atoms with Crippen LogP contribution < -0.4 is 4.90 Å². The van der Waals surface area contributed by atoms with Crippen LogP contribution in [0.15, 0.2) is 122 Å². The monoisotopic (exact) mass is 444 g/mol. The number of hydrogen-bond donors (Lipinski definition) is 0. The Balaban J connectivity index is 1.50. The minimum Gasteiger partial charge on any atom is -0.310 e. The topological polar surface area (TPSA) is 34.0 Å². The summed E-state index contributed by atoms with van der Waals surface area (Å²) in [7, 11) is 0. The molecule has 0 aliphatic heterocycles. The molecule has 0 radical (unpaired) electrons. The van der Waals surface area contributed by atoms with Gasteiger partial charge in [-0.2, -0.15) is 9.47 Å². The smallest absolute Gasteiger partial charge is 0.0920 e. The number of benzene rings is 4. The first-order valence-corrected chi connectivity index (χ1v) is 11.5. The summed E-state index contributed by atoms with van der Waals surface area (Å²) < 4.78 is 7.85. The molecule has 0 saturated carbocycles. The normalized spacial score (nSPS) is 11.0. The fourth-order valence-corrected chi connectivity index (χ4v) is 4.90. The summed E-state index contributed by atoms with van der Waals surface area (Å²) in [5.74, 6) is 0. The van der Waals surface area contributed by atoms with Crippen molar-refractivity contribution in [3.8, 4) is 16.9 Å². The van der Waals surface area contributed by atoms with Crippen molar-refractivity contribution >= 4 is 38.7 Å². The van der Waals surface area contributed by atoms with Crippen molar-refractivity contribution in [2.75, 3.05) is 4.90 Å². The summed E-state index contributed by atoms with van der Waals surface area (Å²) in [6, 6.07) is 37.8. The molecule has 2 heterocycles. The molecule has 2 aromatic heterocycles. The summed E-state index contributed by atoms with van der Waals surface area (Å²) in [6.45, 7) is 0. The van der Waals surface area contributed by atoms with Gasteiger partial charge in [0.1, 0.15) is 0 Å². The molecule has 4 nitrogen and oxygen atoms in total. The number of nitrogens with zero attached hydrogens (tertiary/aromatic N) is 4. The minimum absolute atomic E-state index is 1.01. The molecule has 158 valence electrons. The molecule has 0 saturated heterocycles. The van der Waals surface area contributed by atoms with Crippen LogP contribution >= 0.6 is 11.5 Å². The average Bonchev–Trinajstić information content (AvgIpc) is 3.56. The molecule has 6 rings (SSSR count). The van der Waals surface area contributed by atoms with Gasteiger partial charge >= 0.3 is 0 Å². The van der Waals surface area contributed by atoms with E-state index in [-0.39, 0.29) is 0 Å². The van der Waals surface area contributed by atoms with E-state index in [2.05, 4.69) is 107 Å². The molecule has 0 atom stereocenters. The second-order valence-electron chi connectivity index (χ2n) is 7.72. The highest BCUT2D eigenvalue weighted by Crippen LogP contribution is 2.38. The molecule has 33 heavy (non-hydrogen) atoms. The van der Waals surface area contributed by atoms with Gasteiger partial charge in [0.2, 0.25) is 0 Å². The number of aromatic nitrogens is 3. The van der Waals surface area contributed by atoms with Gasteiger partial charge < -0.3 is 4.90 Å². The second-order valence-corrected chi connectivity index (χ2v) is 8.52. The first-order chi connectivity index (χ1) is 16.4. The number of anilines is 3. The van der Waals surface area contributed by atoms with Crippen LogP contribution in [0, 0.1) is 0 Å². The van der Waals surface area contributed by atoms with Crippen molar-refractivity contribution in [1.29, 1.82) is 0 Å². The lowest BCUT2D eigenvalue weighted by Gasteiger charge is -2.26. The van der Waals surface area contributed by atoms with E-state index >= 15 is 0 Å². The van der Waals surface area contributed by atoms with Gasteiger partial charge in [0.05, 0.1) is 16.1 Å². The van der Waals surface area contributed by atoms with E-state index in [0.717, 1.165) is 34.0 Å². The molecule has 0 spiro atoms. The van der Waals surface area contributed by atoms with Crippen LogP contribution in [0.4, 0.5) is 17.1 Å². The molecular formula is C28H20N4S. The summed E-state index contributed by atoms with van der Waals surface area (Å²) >= 11 is 1.54. The Labute approximate surface area is 196 Å². The van der Waals surface area contributed by atoms with Gasteiger partial charge in [-0.15, -0.1) is 0 Å². The SMILES string of the molecule is c1ccc(N(c2cccc(-c3nsc4ccccc34)c2)c2cccc(-n3cccn3)c2)cc1. The van der Waals surface area contributed by atoms with Crippen LogP contribution in [0.25, 0.3) is 27.0 Å². The maximum atomic E-state index is 4.77. The Morgan fingerprint density at radius 2 is 1.42 bits per heavy atom. The highest BCUT2D eigenvalue weighted by Gasteiger charge is 2.15. The third kappa shape index (κ3) is 3.69. The number of hydrogen-bond acceptors (Lipinski definition) is 4. The predicted molar refractivity (Wildman–Crippen MR) is 137 cm³/mol. The number of rotatable bonds is 5. The summed E-state index contributed by atoms with van der Waals surface area (Å²) in [5.41, 5.74) is 6.38. The van der Waals surface area contributed by atoms with Crippen LogP contribution in [-0.2, 0) is 0 Å². The van der Waals surface area contributed by atoms with Gasteiger partial charge in [-0.25, -0.2) is 4.68 Å². The average molecular weight is 445 g/mol. The van der Waals surface area contributed by atoms with E-state index in [0.29, 0.717) is 0 Å². The van der Waals surface area contributed by atoms with Crippen molar-refractivity contribution in [2.45, 2.75) is 0 Å². The van der Waals surface area contributed by atoms with E-state index in [1.807, 2.05) is 23.0 Å². The third-order valence-corrected chi connectivity index (χ3v) is 6.45. The Bertz CT molecular complexity index is 1520. The molecule has 0 aliphatic rings. The van der Waals surface area contributed by atoms with Crippen LogP contribution in [0.2, 0.25) is 0 Å². The van der Waals surface area contributed by atoms with Crippen LogP contribution in [-0.4, -0.2) is 14.2 Å². The molecule has 0 amide bonds. The number of fused-ring (bicyclic) bond motifs is 1. The van der Waals surface area contributed by atoms with Gasteiger partial charge in [-0.3, -0.25) is 0 Å². The lowest BCUT2D eigenvalue weighted by atomic mass is 10.1. The summed E-state index contributed by atoms with van der Waals surface area (Å²) in [4.78, 5) is 2.27. The molecule has 6 aromatic rings. The Kier molecular flexibility index (Phi) is 4.94. The highest BCUT2D eigenvalue weighted by atomic mass is 32.1. The molecule has 4 aromatic carbocycles. The standard InChI is InChI=1S/C28H20N4S/c1-2-10-22(11-3-1)32(25-14-7-12-23(20-25)31-18-8-17-29-31)24-13-6-9-21(19-24)28-26-15-4-5-16-27(26)33-30-28/h1-20H. The van der Waals surface area contributed by atoms with E-state index in [1.165, 1.54) is 10.1 Å². The van der Waals surface area contributed by atoms with Gasteiger partial charge in [0, 0.05) is 40.4 Å². The fraction of sp³-hybridized carbons (Fsp3) is 0. The van der Waals surface area contributed by atoms with Crippen LogP contribution in [0.3, 0.4) is 0 Å².